The van der Waals surface area contributed by atoms with E-state index in [0.717, 1.165) is 11.3 Å². The number of rotatable bonds is 11. The number of carbonyl (C=O) groups excluding carboxylic acids is 4. The number of pyridine rings is 1. The number of ketones is 2. The van der Waals surface area contributed by atoms with Crippen molar-refractivity contribution in [1.82, 2.24) is 24.3 Å². The zero-order chi connectivity index (χ0) is 43.6. The molecule has 328 valence electrons. The Morgan fingerprint density at radius 3 is 2.37 bits per heavy atom. The molecule has 13 atom stereocenters. The number of likely N-dealkylation sites (N-methyl/N-ethyl adjacent to an activating group) is 1. The average molecular weight is 846 g/mol. The normalized spacial score (nSPS) is 37.6. The van der Waals surface area contributed by atoms with Crippen molar-refractivity contribution < 1.29 is 48.0 Å². The van der Waals surface area contributed by atoms with Crippen molar-refractivity contribution in [2.45, 2.75) is 153 Å². The van der Waals surface area contributed by atoms with Crippen LogP contribution in [0.2, 0.25) is 0 Å². The molecule has 1 unspecified atom stereocenters. The molecule has 1 N–H and O–H groups in total. The number of amides is 1. The zero-order valence-electron chi connectivity index (χ0n) is 36.4. The van der Waals surface area contributed by atoms with E-state index in [2.05, 4.69) is 9.97 Å². The van der Waals surface area contributed by atoms with E-state index in [1.807, 2.05) is 48.8 Å². The van der Waals surface area contributed by atoms with Gasteiger partial charge in [0.1, 0.15) is 18.0 Å². The molecule has 3 aliphatic rings. The van der Waals surface area contributed by atoms with E-state index in [-0.39, 0.29) is 37.3 Å². The van der Waals surface area contributed by atoms with Crippen LogP contribution >= 0.6 is 11.6 Å². The molecule has 3 fully saturated rings. The molecule has 16 heteroatoms. The molecule has 1 amide bonds. The predicted octanol–water partition coefficient (Wildman–Crippen LogP) is 5.29. The highest BCUT2D eigenvalue weighted by molar-refractivity contribution is 6.45. The summed E-state index contributed by atoms with van der Waals surface area (Å²) in [6.07, 6.45) is 3.85. The third kappa shape index (κ3) is 9.55. The van der Waals surface area contributed by atoms with Crippen molar-refractivity contribution in [1.29, 1.82) is 0 Å². The summed E-state index contributed by atoms with van der Waals surface area (Å²) in [5.74, 6) is -4.50. The molecular weight excluding hydrogens is 782 g/mol. The third-order valence-electron chi connectivity index (χ3n) is 12.8. The Balaban J connectivity index is 1.46. The smallest absolute Gasteiger partial charge is 0.410 e. The first-order valence-corrected chi connectivity index (χ1v) is 21.2. The second-order valence-corrected chi connectivity index (χ2v) is 18.3. The molecule has 2 aromatic heterocycles. The minimum absolute atomic E-state index is 0.0786. The SMILES string of the molecule is CC[C@H]1OC(=O)C(C)(Cl)C(=O)[C@H](C)[C@@H](O[C@@H]2O[C@H](C)C[C@H](N(C)C)[C@H]2O)[C@](C)(OC)C[C@@H](C)C(=O)[C@H](C)[C@H]2N(CCCCn3cnc(-c4cccnc4)c3)C(=O)O[C@]12C. The molecule has 0 spiro atoms. The zero-order valence-corrected chi connectivity index (χ0v) is 37.2. The number of imidazole rings is 1. The summed E-state index contributed by atoms with van der Waals surface area (Å²) >= 11 is 6.93. The van der Waals surface area contributed by atoms with Crippen LogP contribution < -0.4 is 0 Å². The van der Waals surface area contributed by atoms with Gasteiger partial charge in [-0.15, -0.1) is 0 Å². The Hall–Kier alpha value is -3.47. The maximum atomic E-state index is 14.7. The molecule has 0 aliphatic carbocycles. The van der Waals surface area contributed by atoms with Crippen molar-refractivity contribution in [3.8, 4) is 11.3 Å². The lowest BCUT2D eigenvalue weighted by Crippen LogP contribution is -2.61. The minimum Gasteiger partial charge on any atom is -0.456 e. The monoisotopic (exact) mass is 845 g/mol. The molecule has 59 heavy (non-hydrogen) atoms. The van der Waals surface area contributed by atoms with Crippen molar-refractivity contribution in [3.05, 3.63) is 37.1 Å². The van der Waals surface area contributed by atoms with Crippen LogP contribution in [0.1, 0.15) is 87.5 Å². The van der Waals surface area contributed by atoms with Crippen LogP contribution in [0.5, 0.6) is 0 Å². The Morgan fingerprint density at radius 1 is 1.05 bits per heavy atom. The first-order valence-electron chi connectivity index (χ1n) is 20.8. The maximum absolute atomic E-state index is 14.7. The van der Waals surface area contributed by atoms with Gasteiger partial charge >= 0.3 is 12.1 Å². The number of aliphatic hydroxyl groups excluding tert-OH is 1. The molecule has 5 heterocycles. The van der Waals surface area contributed by atoms with Gasteiger partial charge in [0, 0.05) is 68.1 Å². The van der Waals surface area contributed by atoms with Gasteiger partial charge in [-0.1, -0.05) is 39.3 Å². The molecule has 2 aromatic rings. The molecule has 0 aromatic carbocycles. The number of esters is 1. The molecule has 5 rings (SSSR count). The number of aromatic nitrogens is 3. The van der Waals surface area contributed by atoms with Crippen LogP contribution in [0.15, 0.2) is 37.1 Å². The predicted molar refractivity (Wildman–Crippen MR) is 219 cm³/mol. The Labute approximate surface area is 353 Å². The van der Waals surface area contributed by atoms with E-state index in [1.165, 1.54) is 14.0 Å². The van der Waals surface area contributed by atoms with Gasteiger partial charge in [0.2, 0.25) is 0 Å². The highest BCUT2D eigenvalue weighted by atomic mass is 35.5. The molecule has 0 radical (unpaired) electrons. The van der Waals surface area contributed by atoms with E-state index in [4.69, 9.17) is 35.3 Å². The van der Waals surface area contributed by atoms with Gasteiger partial charge in [-0.3, -0.25) is 14.6 Å². The lowest BCUT2D eigenvalue weighted by molar-refractivity contribution is -0.295. The summed E-state index contributed by atoms with van der Waals surface area (Å²) in [6.45, 7) is 14.4. The fourth-order valence-corrected chi connectivity index (χ4v) is 9.65. The number of alkyl halides is 1. The number of hydrogen-bond acceptors (Lipinski definition) is 13. The van der Waals surface area contributed by atoms with Crippen LogP contribution in [-0.4, -0.2) is 140 Å². The van der Waals surface area contributed by atoms with Crippen LogP contribution in [-0.2, 0) is 44.6 Å². The largest absolute Gasteiger partial charge is 0.456 e. The van der Waals surface area contributed by atoms with Gasteiger partial charge in [0.25, 0.3) is 0 Å². The van der Waals surface area contributed by atoms with Crippen LogP contribution in [0.4, 0.5) is 4.79 Å². The van der Waals surface area contributed by atoms with Gasteiger partial charge < -0.3 is 43.2 Å². The number of unbranched alkanes of at least 4 members (excludes halogenated alkanes) is 1. The van der Waals surface area contributed by atoms with Crippen molar-refractivity contribution >= 4 is 35.2 Å². The van der Waals surface area contributed by atoms with Gasteiger partial charge in [0.05, 0.1) is 35.9 Å². The van der Waals surface area contributed by atoms with Crippen LogP contribution in [0.25, 0.3) is 11.3 Å². The average Bonchev–Trinajstić information content (AvgIpc) is 3.78. The van der Waals surface area contributed by atoms with Crippen molar-refractivity contribution in [3.63, 3.8) is 0 Å². The number of halogens is 1. The van der Waals surface area contributed by atoms with Gasteiger partial charge in [0.15, 0.2) is 22.5 Å². The summed E-state index contributed by atoms with van der Waals surface area (Å²) in [5.41, 5.74) is -1.11. The fourth-order valence-electron chi connectivity index (χ4n) is 9.43. The first-order chi connectivity index (χ1) is 27.7. The third-order valence-corrected chi connectivity index (χ3v) is 13.2. The Kier molecular flexibility index (Phi) is 14.7. The number of aliphatic hydroxyl groups is 1. The first kappa shape index (κ1) is 46.6. The topological polar surface area (TPSA) is 172 Å². The highest BCUT2D eigenvalue weighted by Gasteiger charge is 2.61. The lowest BCUT2D eigenvalue weighted by Gasteiger charge is -2.47. The lowest BCUT2D eigenvalue weighted by atomic mass is 9.73. The summed E-state index contributed by atoms with van der Waals surface area (Å²) in [5, 5.41) is 11.5. The van der Waals surface area contributed by atoms with E-state index in [1.54, 1.807) is 65.2 Å². The summed E-state index contributed by atoms with van der Waals surface area (Å²) < 4.78 is 33.1. The fraction of sp³-hybridized carbons (Fsp3) is 0.721. The van der Waals surface area contributed by atoms with Crippen molar-refractivity contribution in [2.24, 2.45) is 17.8 Å². The summed E-state index contributed by atoms with van der Waals surface area (Å²) in [6, 6.07) is 2.64. The number of nitrogens with zero attached hydrogens (tertiary/aromatic N) is 5. The summed E-state index contributed by atoms with van der Waals surface area (Å²) in [4.78, 5) is 67.2. The van der Waals surface area contributed by atoms with Gasteiger partial charge in [-0.05, 0) is 86.0 Å². The second kappa shape index (κ2) is 18.7. The van der Waals surface area contributed by atoms with E-state index in [9.17, 15) is 24.3 Å². The second-order valence-electron chi connectivity index (χ2n) is 17.5. The maximum Gasteiger partial charge on any atom is 0.410 e. The van der Waals surface area contributed by atoms with E-state index in [0.29, 0.717) is 25.8 Å². The van der Waals surface area contributed by atoms with Crippen LogP contribution in [0.3, 0.4) is 0 Å². The number of carbonyl (C=O) groups is 4. The molecule has 0 bridgehead atoms. The summed E-state index contributed by atoms with van der Waals surface area (Å²) in [7, 11) is 5.18. The molecule has 0 saturated carbocycles. The van der Waals surface area contributed by atoms with Crippen LogP contribution in [0, 0.1) is 17.8 Å². The van der Waals surface area contributed by atoms with E-state index < -0.39 is 82.3 Å². The number of ether oxygens (including phenoxy) is 5. The number of cyclic esters (lactones) is 1. The Morgan fingerprint density at radius 2 is 1.75 bits per heavy atom. The van der Waals surface area contributed by atoms with Crippen molar-refractivity contribution in [2.75, 3.05) is 27.7 Å². The number of hydrogen-bond donors (Lipinski definition) is 1. The molecule has 3 saturated heterocycles. The molecule has 15 nitrogen and oxygen atoms in total. The quantitative estimate of drug-likeness (QED) is 0.134. The number of methoxy groups -OCH3 is 1. The number of fused-ring (bicyclic) bond motifs is 1. The number of Topliss-reactive ketones (excluding diaryl/α,β-unsaturated/α-hetero) is 2. The van der Waals surface area contributed by atoms with Gasteiger partial charge in [-0.25, -0.2) is 14.6 Å². The molecular formula is C43H64ClN5O10. The molecule has 3 aliphatic heterocycles. The van der Waals surface area contributed by atoms with E-state index >= 15 is 0 Å². The standard InChI is InChI=1S/C43H64ClN5O10/c1-12-32-43(8)35(49(40(54)59-43)19-14-13-18-48-23-30(46-24-48)29-16-15-17-45-22-29)27(4)33(50)25(2)21-41(6,55-11)37(28(5)36(52)42(7,44)39(53)57-32)58-38-34(51)31(47(9)10)20-26(3)56-38/h15-17,22-28,31-32,34-35,37-38,51H,12-14,18-21H2,1-11H3/t25-,26-,27+,28+,31+,32-,34-,35-,37-,38+,41-,42?,43-/m1/s1. The number of aryl methyl sites for hydroxylation is 1. The minimum atomic E-state index is -2.20. The Bertz CT molecular complexity index is 1790. The van der Waals surface area contributed by atoms with Gasteiger partial charge in [-0.2, -0.15) is 0 Å². The highest BCUT2D eigenvalue weighted by Crippen LogP contribution is 2.44.